The van der Waals surface area contributed by atoms with E-state index in [0.717, 1.165) is 0 Å². The summed E-state index contributed by atoms with van der Waals surface area (Å²) in [6.07, 6.45) is 0. The molecule has 0 aliphatic rings. The molecular formula is C2H4O2. The lowest BCUT2D eigenvalue weighted by atomic mass is 10.9. The van der Waals surface area contributed by atoms with Crippen LogP contribution in [0.2, 0.25) is 0 Å². The molecule has 0 aromatic rings. The molecular weight excluding hydrogens is 56.0 g/mol. The van der Waals surface area contributed by atoms with Crippen LogP contribution in [0.4, 0.5) is 0 Å². The maximum atomic E-state index is 9.40. The van der Waals surface area contributed by atoms with Crippen molar-refractivity contribution in [2.75, 3.05) is 0 Å². The number of hydrogen-bond acceptors (Lipinski definition) is 2. The smallest absolute Gasteiger partial charge is 0.300 e. The average molecular weight is 61.1 g/mol. The minimum atomic E-state index is -0.579. The lowest BCUT2D eigenvalue weighted by Gasteiger charge is -1.59. The van der Waals surface area contributed by atoms with Gasteiger partial charge < -0.3 is 5.11 Å². The van der Waals surface area contributed by atoms with E-state index in [1.165, 1.54) is 6.92 Å². The Morgan fingerprint density at radius 2 is 2.75 bits per heavy atom. The molecule has 0 aliphatic heterocycles. The summed E-state index contributed by atoms with van der Waals surface area (Å²) in [6.45, 7) is 1.17. The van der Waals surface area contributed by atoms with Gasteiger partial charge in [-0.05, 0) is 0 Å². The van der Waals surface area contributed by atoms with Crippen LogP contribution in [0, 0.1) is 0 Å². The molecule has 0 fully saturated rings. The molecule has 0 amide bonds. The Balaban J connectivity index is 2.85. The maximum absolute atomic E-state index is 9.40. The van der Waals surface area contributed by atoms with E-state index in [9.17, 15) is 4.79 Å². The van der Waals surface area contributed by atoms with Gasteiger partial charge in [0.05, 0.1) is 0 Å². The molecule has 0 rings (SSSR count). The molecule has 4 heavy (non-hydrogen) atoms. The summed E-state index contributed by atoms with van der Waals surface area (Å²) in [4.78, 5) is 9.40. The third-order valence-electron chi connectivity index (χ3n) is 0. The summed E-state index contributed by atoms with van der Waals surface area (Å²) >= 11 is 0. The van der Waals surface area contributed by atoms with E-state index in [0.29, 0.717) is 0 Å². The molecule has 0 bridgehead atoms. The van der Waals surface area contributed by atoms with Crippen molar-refractivity contribution in [2.45, 2.75) is 6.92 Å². The van der Waals surface area contributed by atoms with Crippen LogP contribution in [0.5, 0.6) is 0 Å². The monoisotopic (exact) mass is 61.0 g/mol. The van der Waals surface area contributed by atoms with Crippen LogP contribution < -0.4 is 0 Å². The summed E-state index contributed by atoms with van der Waals surface area (Å²) < 4.78 is 5.81. The summed E-state index contributed by atoms with van der Waals surface area (Å²) in [5.74, 6) is -0.579. The van der Waals surface area contributed by atoms with Crippen molar-refractivity contribution in [1.82, 2.24) is 0 Å². The van der Waals surface area contributed by atoms with Crippen molar-refractivity contribution in [3.05, 3.63) is 0 Å². The number of aliphatic carboxylic acids is 1. The van der Waals surface area contributed by atoms with Crippen molar-refractivity contribution >= 4 is 5.97 Å². The predicted octanol–water partition coefficient (Wildman–Crippen LogP) is 0.0909. The van der Waals surface area contributed by atoms with Crippen LogP contribution in [0.3, 0.4) is 0 Å². The van der Waals surface area contributed by atoms with E-state index in [2.05, 4.69) is 5.11 Å². The standard InChI is InChI=1S/C2H4O2/c1-2(3)4/h1H3,(H,3,4)/i/hD. The second-order valence-corrected chi connectivity index (χ2v) is 0.492. The van der Waals surface area contributed by atoms with E-state index in [-0.39, 0.29) is 0 Å². The van der Waals surface area contributed by atoms with Gasteiger partial charge >= 0.3 is 0 Å². The summed E-state index contributed by atoms with van der Waals surface area (Å²) in [5.41, 5.74) is 0. The quantitative estimate of drug-likeness (QED) is 0.431. The van der Waals surface area contributed by atoms with E-state index in [1.807, 2.05) is 0 Å². The van der Waals surface area contributed by atoms with E-state index in [4.69, 9.17) is 1.43 Å². The van der Waals surface area contributed by atoms with Gasteiger partial charge in [0.25, 0.3) is 7.40 Å². The van der Waals surface area contributed by atoms with Crippen LogP contribution in [-0.4, -0.2) is 11.1 Å². The second-order valence-electron chi connectivity index (χ2n) is 0.492. The molecule has 0 saturated carbocycles. The Bertz CT molecular complexity index is 42.9. The van der Waals surface area contributed by atoms with Gasteiger partial charge in [0.15, 0.2) is 0 Å². The van der Waals surface area contributed by atoms with Gasteiger partial charge in [-0.2, -0.15) is 0 Å². The molecule has 0 aromatic heterocycles. The van der Waals surface area contributed by atoms with Crippen molar-refractivity contribution < 1.29 is 9.90 Å². The lowest BCUT2D eigenvalue weighted by molar-refractivity contribution is -0.134. The molecule has 24 valence electrons. The summed E-state index contributed by atoms with van der Waals surface area (Å²) in [7, 11) is 0. The molecule has 0 heterocycles. The minimum absolute atomic E-state index is 0.579. The van der Waals surface area contributed by atoms with Gasteiger partial charge in [-0.1, -0.05) is 0 Å². The molecule has 0 saturated heterocycles. The van der Waals surface area contributed by atoms with Gasteiger partial charge in [-0.15, -0.1) is 0 Å². The molecule has 0 spiro atoms. The first-order chi connectivity index (χ1) is 2.27. The number of carbonyl (C=O) groups is 1. The molecule has 0 aromatic carbocycles. The third kappa shape index (κ3) is 1.16. The Labute approximate surface area is 25.6 Å². The van der Waals surface area contributed by atoms with Crippen LogP contribution in [0.25, 0.3) is 1.43 Å². The summed E-state index contributed by atoms with van der Waals surface area (Å²) in [5, 5.41) is 3.36. The molecule has 0 radical (unpaired) electrons. The van der Waals surface area contributed by atoms with Crippen molar-refractivity contribution in [3.8, 4) is 0 Å². The maximum Gasteiger partial charge on any atom is 0.300 e. The lowest BCUT2D eigenvalue weighted by Crippen LogP contribution is -1.78. The highest BCUT2D eigenvalue weighted by Gasteiger charge is 1.65. The van der Waals surface area contributed by atoms with Crippen LogP contribution in [0.15, 0.2) is 0 Å². The van der Waals surface area contributed by atoms with Gasteiger partial charge in [0.2, 0.25) is 0 Å². The van der Waals surface area contributed by atoms with Gasteiger partial charge in [0, 0.05) is 6.92 Å². The van der Waals surface area contributed by atoms with Crippen LogP contribution in [0.1, 0.15) is 6.92 Å². The summed E-state index contributed by atoms with van der Waals surface area (Å²) in [6, 6.07) is 0. The Morgan fingerprint density at radius 1 is 2.50 bits per heavy atom. The van der Waals surface area contributed by atoms with Crippen molar-refractivity contribution in [3.63, 3.8) is 0 Å². The van der Waals surface area contributed by atoms with Crippen molar-refractivity contribution in [2.24, 2.45) is 0 Å². The van der Waals surface area contributed by atoms with E-state index in [1.54, 1.807) is 0 Å². The Morgan fingerprint density at radius 3 is 2.75 bits per heavy atom. The first kappa shape index (κ1) is 1.76. The normalized spacial score (nSPS) is 8.75. The van der Waals surface area contributed by atoms with E-state index < -0.39 is 5.97 Å². The number of carboxylic acid groups (broad SMARTS) is 1. The molecule has 2 nitrogen and oxygen atoms in total. The van der Waals surface area contributed by atoms with Crippen LogP contribution in [-0.2, 0) is 4.79 Å². The Hall–Kier alpha value is -0.530. The van der Waals surface area contributed by atoms with Gasteiger partial charge in [-0.3, -0.25) is 4.79 Å². The topological polar surface area (TPSA) is 37.3 Å². The highest BCUT2D eigenvalue weighted by atomic mass is 16.4. The fourth-order valence-corrected chi connectivity index (χ4v) is 0. The van der Waals surface area contributed by atoms with Gasteiger partial charge in [-0.25, -0.2) is 0 Å². The average Bonchev–Trinajstić information content (AvgIpc) is 1.38. The zero-order valence-electron chi connectivity index (χ0n) is 3.32. The Kier molecular flexibility index (Phi) is 0.385. The van der Waals surface area contributed by atoms with Crippen LogP contribution >= 0.6 is 0 Å². The fraction of sp³-hybridized carbons (Fsp3) is 0.500. The number of carboxylic acids is 1. The molecule has 0 unspecified atom stereocenters. The van der Waals surface area contributed by atoms with E-state index >= 15 is 0 Å². The molecule has 2 heteroatoms. The highest BCUT2D eigenvalue weighted by Crippen LogP contribution is 1.42. The molecule has 0 aliphatic carbocycles. The predicted molar refractivity (Wildman–Crippen MR) is 13.3 cm³/mol. The van der Waals surface area contributed by atoms with Crippen molar-refractivity contribution in [1.29, 1.82) is 1.43 Å². The fourth-order valence-electron chi connectivity index (χ4n) is 0. The highest BCUT2D eigenvalue weighted by molar-refractivity contribution is 5.62. The SMILES string of the molecule is [2H]OC(C)=O. The first-order valence-corrected chi connectivity index (χ1v) is 0.908. The third-order valence-corrected chi connectivity index (χ3v) is 0. The zero-order chi connectivity index (χ0) is 4.28. The number of rotatable bonds is 0. The first-order valence-electron chi connectivity index (χ1n) is 1.32. The van der Waals surface area contributed by atoms with Gasteiger partial charge in [0.1, 0.15) is 0 Å². The number of hydrogen-bond donors (Lipinski definition) is 1. The second kappa shape index (κ2) is 0.875. The minimum Gasteiger partial charge on any atom is -0.481 e. The molecule has 1 N–H and O–H groups in total. The molecule has 0 atom stereocenters. The largest absolute Gasteiger partial charge is 0.481 e. The zero-order valence-corrected chi connectivity index (χ0v) is 2.32.